The quantitative estimate of drug-likeness (QED) is 0.511. The minimum atomic E-state index is -1.73. The topological polar surface area (TPSA) is 153 Å². The summed E-state index contributed by atoms with van der Waals surface area (Å²) in [4.78, 5) is 0. The van der Waals surface area contributed by atoms with Crippen molar-refractivity contribution in [3.05, 3.63) is 0 Å². The number of rotatable bonds is 4. The van der Waals surface area contributed by atoms with Crippen LogP contribution in [0.3, 0.4) is 0 Å². The minimum absolute atomic E-state index is 0.0612. The van der Waals surface area contributed by atoms with Gasteiger partial charge in [-0.15, -0.1) is 0 Å². The van der Waals surface area contributed by atoms with E-state index in [1.165, 1.54) is 0 Å². The Balaban J connectivity index is 1.88. The molecule has 2 aromatic heterocycles. The summed E-state index contributed by atoms with van der Waals surface area (Å²) in [6.07, 6.45) is 0. The highest BCUT2D eigenvalue weighted by atomic mass is 31.2. The van der Waals surface area contributed by atoms with Crippen LogP contribution < -0.4 is 14.6 Å². The summed E-state index contributed by atoms with van der Waals surface area (Å²) in [5.41, 5.74) is 5.45. The Labute approximate surface area is 77.3 Å². The van der Waals surface area contributed by atoms with Crippen LogP contribution in [0, 0.1) is 0 Å². The highest BCUT2D eigenvalue weighted by Gasteiger charge is 2.12. The molecule has 0 saturated carbocycles. The van der Waals surface area contributed by atoms with E-state index in [1.807, 2.05) is 0 Å². The molecule has 0 aliphatic rings. The summed E-state index contributed by atoms with van der Waals surface area (Å²) in [6.45, 7) is 0. The fourth-order valence-electron chi connectivity index (χ4n) is 0.567. The second-order valence-corrected chi connectivity index (χ2v) is 2.82. The van der Waals surface area contributed by atoms with Gasteiger partial charge in [-0.2, -0.15) is 0 Å². The molecule has 14 heavy (non-hydrogen) atoms. The van der Waals surface area contributed by atoms with Crippen molar-refractivity contribution in [1.29, 1.82) is 0 Å². The van der Waals surface area contributed by atoms with Crippen molar-refractivity contribution in [1.82, 2.24) is 41.2 Å². The number of nitrogens with zero attached hydrogens (tertiary/aromatic N) is 6. The Bertz CT molecular complexity index is 322. The van der Waals surface area contributed by atoms with Crippen molar-refractivity contribution >= 4 is 8.53 Å². The molecule has 0 spiro atoms. The molecular weight excluding hydrogens is 213 g/mol. The van der Waals surface area contributed by atoms with Gasteiger partial charge in [0, 0.05) is 0 Å². The lowest BCUT2D eigenvalue weighted by molar-refractivity contribution is 0.448. The van der Waals surface area contributed by atoms with Crippen LogP contribution >= 0.6 is 8.53 Å². The van der Waals surface area contributed by atoms with Gasteiger partial charge in [0.1, 0.15) is 0 Å². The maximum Gasteiger partial charge on any atom is 0.383 e. The van der Waals surface area contributed by atoms with Gasteiger partial charge in [0.25, 0.3) is 0 Å². The van der Waals surface area contributed by atoms with E-state index in [2.05, 4.69) is 41.2 Å². The predicted octanol–water partition coefficient (Wildman–Crippen LogP) is -1.64. The molecule has 0 aliphatic carbocycles. The van der Waals surface area contributed by atoms with Crippen LogP contribution in [0.4, 0.5) is 0 Å². The molecule has 0 aliphatic heterocycles. The van der Waals surface area contributed by atoms with Crippen LogP contribution in [0.2, 0.25) is 0 Å². The SMILES string of the molecule is NP(Oc1nnn[nH]1)Oc1nnn[nH]1. The first kappa shape index (κ1) is 8.72. The van der Waals surface area contributed by atoms with Gasteiger partial charge in [0.05, 0.1) is 0 Å². The van der Waals surface area contributed by atoms with Crippen molar-refractivity contribution in [2.75, 3.05) is 0 Å². The first-order valence-electron chi connectivity index (χ1n) is 3.23. The molecule has 0 atom stereocenters. The van der Waals surface area contributed by atoms with E-state index in [4.69, 9.17) is 14.6 Å². The molecule has 2 aromatic rings. The summed E-state index contributed by atoms with van der Waals surface area (Å²) in [5.74, 6) is 0. The normalized spacial score (nSPS) is 10.4. The number of hydrogen-bond donors (Lipinski definition) is 3. The van der Waals surface area contributed by atoms with Crippen LogP contribution in [-0.4, -0.2) is 41.2 Å². The molecule has 74 valence electrons. The zero-order valence-corrected chi connectivity index (χ0v) is 7.42. The average Bonchev–Trinajstić information content (AvgIpc) is 2.76. The van der Waals surface area contributed by atoms with E-state index in [9.17, 15) is 0 Å². The smallest absolute Gasteiger partial charge is 0.383 e. The molecule has 11 nitrogen and oxygen atoms in total. The zero-order chi connectivity index (χ0) is 9.80. The van der Waals surface area contributed by atoms with Gasteiger partial charge in [-0.3, -0.25) is 0 Å². The largest absolute Gasteiger partial charge is 0.392 e. The summed E-state index contributed by atoms with van der Waals surface area (Å²) in [6, 6.07) is 0.122. The molecule has 0 bridgehead atoms. The molecule has 12 heteroatoms. The fraction of sp³-hybridized carbons (Fsp3) is 0. The molecule has 2 heterocycles. The monoisotopic (exact) mass is 217 g/mol. The molecule has 4 N–H and O–H groups in total. The fourth-order valence-corrected chi connectivity index (χ4v) is 1.10. The maximum absolute atomic E-state index is 5.45. The second-order valence-electron chi connectivity index (χ2n) is 1.88. The number of nitrogens with one attached hydrogen (secondary N) is 2. The van der Waals surface area contributed by atoms with Crippen molar-refractivity contribution in [2.24, 2.45) is 5.50 Å². The Morgan fingerprint density at radius 2 is 1.50 bits per heavy atom. The number of aromatic nitrogens is 8. The molecular formula is C2H4N9O2P. The number of tetrazole rings is 2. The van der Waals surface area contributed by atoms with Crippen LogP contribution in [0.25, 0.3) is 0 Å². The third kappa shape index (κ3) is 2.08. The molecule has 0 amide bonds. The predicted molar refractivity (Wildman–Crippen MR) is 40.7 cm³/mol. The van der Waals surface area contributed by atoms with E-state index in [0.717, 1.165) is 0 Å². The number of aromatic amines is 2. The van der Waals surface area contributed by atoms with E-state index in [0.29, 0.717) is 0 Å². The number of H-pyrrole nitrogens is 2. The minimum Gasteiger partial charge on any atom is -0.392 e. The van der Waals surface area contributed by atoms with E-state index >= 15 is 0 Å². The van der Waals surface area contributed by atoms with Crippen molar-refractivity contribution in [2.45, 2.75) is 0 Å². The number of hydrogen-bond acceptors (Lipinski definition) is 9. The maximum atomic E-state index is 5.45. The lowest BCUT2D eigenvalue weighted by Crippen LogP contribution is -2.05. The average molecular weight is 217 g/mol. The van der Waals surface area contributed by atoms with Crippen LogP contribution in [0.1, 0.15) is 0 Å². The first-order chi connectivity index (χ1) is 6.84. The highest BCUT2D eigenvalue weighted by molar-refractivity contribution is 7.45. The summed E-state index contributed by atoms with van der Waals surface area (Å²) in [5, 5.41) is 24.7. The number of nitrogens with two attached hydrogens (primary N) is 1. The van der Waals surface area contributed by atoms with Crippen molar-refractivity contribution in [3.8, 4) is 12.0 Å². The van der Waals surface area contributed by atoms with E-state index in [-0.39, 0.29) is 12.0 Å². The Kier molecular flexibility index (Phi) is 2.42. The van der Waals surface area contributed by atoms with Gasteiger partial charge < -0.3 is 9.05 Å². The van der Waals surface area contributed by atoms with Gasteiger partial charge in [-0.25, -0.2) is 15.7 Å². The summed E-state index contributed by atoms with van der Waals surface area (Å²) >= 11 is 0. The van der Waals surface area contributed by atoms with Crippen LogP contribution in [-0.2, 0) is 0 Å². The Hall–Kier alpha value is -1.87. The van der Waals surface area contributed by atoms with Crippen LogP contribution in [0.5, 0.6) is 12.0 Å². The summed E-state index contributed by atoms with van der Waals surface area (Å²) in [7, 11) is -1.73. The Morgan fingerprint density at radius 3 is 1.86 bits per heavy atom. The zero-order valence-electron chi connectivity index (χ0n) is 6.52. The first-order valence-corrected chi connectivity index (χ1v) is 4.47. The van der Waals surface area contributed by atoms with Gasteiger partial charge in [-0.1, -0.05) is 10.2 Å². The second kappa shape index (κ2) is 3.89. The van der Waals surface area contributed by atoms with Crippen LogP contribution in [0.15, 0.2) is 0 Å². The lowest BCUT2D eigenvalue weighted by atomic mass is 11.3. The Morgan fingerprint density at radius 1 is 1.00 bits per heavy atom. The third-order valence-corrected chi connectivity index (χ3v) is 1.71. The van der Waals surface area contributed by atoms with Crippen molar-refractivity contribution < 1.29 is 9.05 Å². The van der Waals surface area contributed by atoms with Gasteiger partial charge in [0.2, 0.25) is 0 Å². The molecule has 0 fully saturated rings. The lowest BCUT2D eigenvalue weighted by Gasteiger charge is -2.06. The van der Waals surface area contributed by atoms with E-state index < -0.39 is 8.53 Å². The molecule has 0 radical (unpaired) electrons. The van der Waals surface area contributed by atoms with E-state index in [1.54, 1.807) is 0 Å². The van der Waals surface area contributed by atoms with Crippen molar-refractivity contribution in [3.63, 3.8) is 0 Å². The summed E-state index contributed by atoms with van der Waals surface area (Å²) < 4.78 is 9.88. The highest BCUT2D eigenvalue weighted by Crippen LogP contribution is 2.28. The van der Waals surface area contributed by atoms with Gasteiger partial charge >= 0.3 is 20.5 Å². The third-order valence-electron chi connectivity index (χ3n) is 1.00. The molecule has 0 aromatic carbocycles. The molecule has 0 saturated heterocycles. The molecule has 2 rings (SSSR count). The van der Waals surface area contributed by atoms with Gasteiger partial charge in [-0.05, 0) is 20.9 Å². The van der Waals surface area contributed by atoms with Gasteiger partial charge in [0.15, 0.2) is 0 Å². The standard InChI is InChI=1S/C2H4N9O2P/c3-14(12-1-4-8-9-5-1)13-2-6-10-11-7-2/h3H2,(H,4,5,8,9)(H,6,7,10,11). The molecule has 0 unspecified atom stereocenters.